The molecule has 2 N–H and O–H groups in total. The Morgan fingerprint density at radius 1 is 1.00 bits per heavy atom. The molecule has 0 aliphatic rings. The molecule has 3 aromatic rings. The van der Waals surface area contributed by atoms with Crippen molar-refractivity contribution in [1.29, 1.82) is 0 Å². The molecule has 0 unspecified atom stereocenters. The van der Waals surface area contributed by atoms with Crippen LogP contribution in [0.4, 0.5) is 5.69 Å². The maximum atomic E-state index is 12.6. The summed E-state index contributed by atoms with van der Waals surface area (Å²) in [5.41, 5.74) is 1.42. The first-order valence-corrected chi connectivity index (χ1v) is 8.28. The molecule has 6 nitrogen and oxygen atoms in total. The van der Waals surface area contributed by atoms with Crippen molar-refractivity contribution in [3.63, 3.8) is 0 Å². The molecular weight excluding hydrogens is 336 g/mol. The summed E-state index contributed by atoms with van der Waals surface area (Å²) in [6.07, 6.45) is 7.97. The molecule has 0 spiro atoms. The van der Waals surface area contributed by atoms with E-state index < -0.39 is 5.91 Å². The molecule has 124 valence electrons. The minimum Gasteiger partial charge on any atom is -0.321 e. The summed E-state index contributed by atoms with van der Waals surface area (Å²) in [7, 11) is 0. The molecule has 0 aromatic carbocycles. The molecule has 0 fully saturated rings. The van der Waals surface area contributed by atoms with Crippen LogP contribution in [-0.4, -0.2) is 21.8 Å². The smallest absolute Gasteiger partial charge is 0.272 e. The van der Waals surface area contributed by atoms with Crippen molar-refractivity contribution in [2.75, 3.05) is 5.32 Å². The van der Waals surface area contributed by atoms with Gasteiger partial charge in [-0.25, -0.2) is 0 Å². The van der Waals surface area contributed by atoms with Crippen molar-refractivity contribution in [3.8, 4) is 0 Å². The van der Waals surface area contributed by atoms with Crippen molar-refractivity contribution in [1.82, 2.24) is 15.3 Å². The van der Waals surface area contributed by atoms with Crippen LogP contribution < -0.4 is 10.6 Å². The van der Waals surface area contributed by atoms with Crippen molar-refractivity contribution in [2.45, 2.75) is 0 Å². The highest BCUT2D eigenvalue weighted by molar-refractivity contribution is 7.12. The van der Waals surface area contributed by atoms with E-state index in [1.807, 2.05) is 0 Å². The van der Waals surface area contributed by atoms with Crippen molar-refractivity contribution < 1.29 is 9.59 Å². The number of thiophene rings is 1. The lowest BCUT2D eigenvalue weighted by Crippen LogP contribution is -2.30. The summed E-state index contributed by atoms with van der Waals surface area (Å²) < 4.78 is 0. The number of aromatic nitrogens is 2. The van der Waals surface area contributed by atoms with Gasteiger partial charge in [-0.15, -0.1) is 11.3 Å². The highest BCUT2D eigenvalue weighted by Gasteiger charge is 2.15. The van der Waals surface area contributed by atoms with Gasteiger partial charge in [-0.05, 0) is 41.3 Å². The van der Waals surface area contributed by atoms with Crippen LogP contribution in [-0.2, 0) is 4.79 Å². The first-order valence-electron chi connectivity index (χ1n) is 7.40. The summed E-state index contributed by atoms with van der Waals surface area (Å²) in [6.45, 7) is 0. The molecule has 25 heavy (non-hydrogen) atoms. The second-order valence-corrected chi connectivity index (χ2v) is 5.91. The van der Waals surface area contributed by atoms with E-state index in [1.165, 1.54) is 11.3 Å². The van der Waals surface area contributed by atoms with Gasteiger partial charge in [0, 0.05) is 30.5 Å². The average molecular weight is 350 g/mol. The lowest BCUT2D eigenvalue weighted by Gasteiger charge is -2.10. The Kier molecular flexibility index (Phi) is 5.28. The maximum absolute atomic E-state index is 12.6. The highest BCUT2D eigenvalue weighted by atomic mass is 32.1. The number of anilines is 1. The molecular formula is C18H14N4O2S. The third-order valence-corrected chi connectivity index (χ3v) is 4.04. The first-order chi connectivity index (χ1) is 12.2. The van der Waals surface area contributed by atoms with Crippen LogP contribution in [0.25, 0.3) is 6.08 Å². The largest absolute Gasteiger partial charge is 0.321 e. The Balaban J connectivity index is 1.84. The molecule has 2 amide bonds. The van der Waals surface area contributed by atoms with Gasteiger partial charge in [-0.2, -0.15) is 0 Å². The van der Waals surface area contributed by atoms with Crippen LogP contribution >= 0.6 is 11.3 Å². The number of amides is 2. The standard InChI is InChI=1S/C18H14N4O2S/c23-17(21-14-5-8-19-9-6-14)15(11-13-3-1-7-20-12-13)22-18(24)16-4-2-10-25-16/h1-12H,(H,22,24)(H,19,21,23). The van der Waals surface area contributed by atoms with Gasteiger partial charge < -0.3 is 10.6 Å². The zero-order chi connectivity index (χ0) is 17.5. The molecule has 0 bridgehead atoms. The number of carbonyl (C=O) groups excluding carboxylic acids is 2. The number of rotatable bonds is 5. The van der Waals surface area contributed by atoms with Crippen molar-refractivity contribution in [3.05, 3.63) is 82.7 Å². The van der Waals surface area contributed by atoms with E-state index in [0.29, 0.717) is 16.1 Å². The second kappa shape index (κ2) is 7.98. The fraction of sp³-hybridized carbons (Fsp3) is 0. The van der Waals surface area contributed by atoms with Crippen molar-refractivity contribution in [2.24, 2.45) is 0 Å². The molecule has 3 aromatic heterocycles. The Hall–Kier alpha value is -3.32. The van der Waals surface area contributed by atoms with Crippen LogP contribution in [0.2, 0.25) is 0 Å². The van der Waals surface area contributed by atoms with E-state index in [0.717, 1.165) is 0 Å². The van der Waals surface area contributed by atoms with E-state index >= 15 is 0 Å². The number of pyridine rings is 2. The molecule has 0 saturated carbocycles. The Morgan fingerprint density at radius 2 is 1.84 bits per heavy atom. The number of nitrogens with one attached hydrogen (secondary N) is 2. The van der Waals surface area contributed by atoms with E-state index in [9.17, 15) is 9.59 Å². The minimum absolute atomic E-state index is 0.128. The summed E-state index contributed by atoms with van der Waals surface area (Å²) in [5, 5.41) is 7.20. The summed E-state index contributed by atoms with van der Waals surface area (Å²) in [4.78, 5) is 33.3. The normalized spacial score (nSPS) is 11.0. The fourth-order valence-corrected chi connectivity index (χ4v) is 2.63. The molecule has 3 rings (SSSR count). The average Bonchev–Trinajstić information content (AvgIpc) is 3.18. The topological polar surface area (TPSA) is 84.0 Å². The number of hydrogen-bond donors (Lipinski definition) is 2. The Morgan fingerprint density at radius 3 is 2.52 bits per heavy atom. The van der Waals surface area contributed by atoms with E-state index in [4.69, 9.17) is 0 Å². The lowest BCUT2D eigenvalue weighted by atomic mass is 10.2. The SMILES string of the molecule is O=C(Nc1ccncc1)C(=Cc1cccnc1)NC(=O)c1cccs1. The lowest BCUT2D eigenvalue weighted by molar-refractivity contribution is -0.113. The van der Waals surface area contributed by atoms with E-state index in [2.05, 4.69) is 20.6 Å². The first kappa shape index (κ1) is 16.5. The van der Waals surface area contributed by atoms with Gasteiger partial charge in [0.25, 0.3) is 11.8 Å². The molecule has 7 heteroatoms. The Bertz CT molecular complexity index is 878. The molecule has 0 atom stereocenters. The Labute approximate surface area is 148 Å². The van der Waals surface area contributed by atoms with E-state index in [-0.39, 0.29) is 11.6 Å². The van der Waals surface area contributed by atoms with Crippen LogP contribution in [0.5, 0.6) is 0 Å². The van der Waals surface area contributed by atoms with Gasteiger partial charge in [0.1, 0.15) is 5.70 Å². The fourth-order valence-electron chi connectivity index (χ4n) is 2.01. The predicted octanol–water partition coefficient (Wildman–Crippen LogP) is 2.95. The second-order valence-electron chi connectivity index (χ2n) is 4.97. The van der Waals surface area contributed by atoms with Crippen molar-refractivity contribution >= 4 is 34.9 Å². The van der Waals surface area contributed by atoms with Gasteiger partial charge >= 0.3 is 0 Å². The van der Waals surface area contributed by atoms with Gasteiger partial charge in [-0.1, -0.05) is 12.1 Å². The van der Waals surface area contributed by atoms with Crippen LogP contribution in [0.3, 0.4) is 0 Å². The van der Waals surface area contributed by atoms with Gasteiger partial charge in [0.05, 0.1) is 4.88 Å². The highest BCUT2D eigenvalue weighted by Crippen LogP contribution is 2.12. The van der Waals surface area contributed by atoms with E-state index in [1.54, 1.807) is 72.6 Å². The monoisotopic (exact) mass is 350 g/mol. The van der Waals surface area contributed by atoms with Crippen LogP contribution in [0.15, 0.2) is 72.3 Å². The minimum atomic E-state index is -0.431. The van der Waals surface area contributed by atoms with Gasteiger partial charge in [-0.3, -0.25) is 19.6 Å². The number of hydrogen-bond acceptors (Lipinski definition) is 5. The molecule has 0 aliphatic carbocycles. The van der Waals surface area contributed by atoms with Crippen LogP contribution in [0, 0.1) is 0 Å². The van der Waals surface area contributed by atoms with Gasteiger partial charge in [0.2, 0.25) is 0 Å². The summed E-state index contributed by atoms with van der Waals surface area (Å²) in [6, 6.07) is 10.4. The summed E-state index contributed by atoms with van der Waals surface area (Å²) in [5.74, 6) is -0.769. The van der Waals surface area contributed by atoms with Crippen LogP contribution in [0.1, 0.15) is 15.2 Å². The van der Waals surface area contributed by atoms with Gasteiger partial charge in [0.15, 0.2) is 0 Å². The number of carbonyl (C=O) groups is 2. The summed E-state index contributed by atoms with van der Waals surface area (Å²) >= 11 is 1.30. The zero-order valence-electron chi connectivity index (χ0n) is 13.0. The third kappa shape index (κ3) is 4.58. The number of nitrogens with zero attached hydrogens (tertiary/aromatic N) is 2. The molecule has 3 heterocycles. The molecule has 0 aliphatic heterocycles. The molecule has 0 saturated heterocycles. The maximum Gasteiger partial charge on any atom is 0.272 e. The molecule has 0 radical (unpaired) electrons. The third-order valence-electron chi connectivity index (χ3n) is 3.17. The quantitative estimate of drug-likeness (QED) is 0.693. The predicted molar refractivity (Wildman–Crippen MR) is 96.9 cm³/mol. The zero-order valence-corrected chi connectivity index (χ0v) is 13.9.